The molecule has 32 heavy (non-hydrogen) atoms. The lowest BCUT2D eigenvalue weighted by Gasteiger charge is -2.11. The van der Waals surface area contributed by atoms with E-state index in [1.807, 2.05) is 12.1 Å². The Labute approximate surface area is 189 Å². The Morgan fingerprint density at radius 2 is 1.91 bits per heavy atom. The average Bonchev–Trinajstić information content (AvgIpc) is 3.30. The van der Waals surface area contributed by atoms with Crippen LogP contribution in [0.15, 0.2) is 53.6 Å². The lowest BCUT2D eigenvalue weighted by atomic mass is 10.1. The summed E-state index contributed by atoms with van der Waals surface area (Å²) in [5, 5.41) is 12.7. The van der Waals surface area contributed by atoms with Crippen LogP contribution in [0.2, 0.25) is 0 Å². The molecule has 4 rings (SSSR count). The number of carbonyl (C=O) groups excluding carboxylic acids is 1. The van der Waals surface area contributed by atoms with Crippen LogP contribution in [0.5, 0.6) is 23.0 Å². The fourth-order valence-corrected chi connectivity index (χ4v) is 3.87. The second kappa shape index (κ2) is 9.49. The first-order chi connectivity index (χ1) is 15.6. The lowest BCUT2D eigenvalue weighted by molar-refractivity contribution is -0.113. The van der Waals surface area contributed by atoms with Gasteiger partial charge in [0.25, 0.3) is 0 Å². The van der Waals surface area contributed by atoms with E-state index < -0.39 is 0 Å². The minimum absolute atomic E-state index is 0.0888. The van der Waals surface area contributed by atoms with E-state index in [1.165, 1.54) is 11.8 Å². The number of carbonyl (C=O) groups is 1. The monoisotopic (exact) mass is 449 g/mol. The molecule has 1 amide bonds. The molecule has 0 saturated heterocycles. The summed E-state index contributed by atoms with van der Waals surface area (Å²) in [7, 11) is 3.13. The number of anilines is 1. The minimum atomic E-state index is -0.226. The Hall–Kier alpha value is -3.90. The van der Waals surface area contributed by atoms with Crippen LogP contribution in [0.1, 0.15) is 5.56 Å². The van der Waals surface area contributed by atoms with Crippen LogP contribution in [0.4, 0.5) is 5.69 Å². The van der Waals surface area contributed by atoms with Gasteiger partial charge in [-0.2, -0.15) is 5.26 Å². The summed E-state index contributed by atoms with van der Waals surface area (Å²) >= 11 is 1.19. The first-order valence-electron chi connectivity index (χ1n) is 9.57. The number of nitrogens with one attached hydrogen (secondary N) is 1. The molecule has 2 heterocycles. The summed E-state index contributed by atoms with van der Waals surface area (Å²) in [6, 6.07) is 16.2. The first kappa shape index (κ1) is 21.3. The fraction of sp³-hybridized carbons (Fsp3) is 0.174. The zero-order valence-corrected chi connectivity index (χ0v) is 18.2. The molecule has 0 atom stereocenters. The topological polar surface area (TPSA) is 103 Å². The zero-order valence-electron chi connectivity index (χ0n) is 17.4. The predicted molar refractivity (Wildman–Crippen MR) is 119 cm³/mol. The highest BCUT2D eigenvalue weighted by molar-refractivity contribution is 8.00. The number of rotatable bonds is 7. The molecule has 162 valence electrons. The van der Waals surface area contributed by atoms with Gasteiger partial charge >= 0.3 is 0 Å². The second-order valence-electron chi connectivity index (χ2n) is 6.64. The minimum Gasteiger partial charge on any atom is -0.493 e. The van der Waals surface area contributed by atoms with Gasteiger partial charge in [0.2, 0.25) is 12.7 Å². The molecule has 0 bridgehead atoms. The van der Waals surface area contributed by atoms with E-state index in [2.05, 4.69) is 16.4 Å². The predicted octanol–water partition coefficient (Wildman–Crippen LogP) is 4.10. The number of nitriles is 1. The molecule has 0 spiro atoms. The van der Waals surface area contributed by atoms with Crippen LogP contribution in [0, 0.1) is 11.3 Å². The van der Waals surface area contributed by atoms with Crippen molar-refractivity contribution in [3.05, 3.63) is 54.1 Å². The number of hydrogen-bond donors (Lipinski definition) is 1. The maximum Gasteiger partial charge on any atom is 0.234 e. The maximum atomic E-state index is 12.4. The van der Waals surface area contributed by atoms with Crippen molar-refractivity contribution in [3.8, 4) is 40.3 Å². The largest absolute Gasteiger partial charge is 0.493 e. The number of aromatic nitrogens is 1. The molecular formula is C23H19N3O5S. The van der Waals surface area contributed by atoms with Gasteiger partial charge in [-0.1, -0.05) is 11.8 Å². The quantitative estimate of drug-likeness (QED) is 0.538. The third-order valence-electron chi connectivity index (χ3n) is 4.66. The van der Waals surface area contributed by atoms with Crippen molar-refractivity contribution in [2.24, 2.45) is 0 Å². The molecule has 1 N–H and O–H groups in total. The number of thioether (sulfide) groups is 1. The van der Waals surface area contributed by atoms with E-state index in [1.54, 1.807) is 50.6 Å². The average molecular weight is 449 g/mol. The van der Waals surface area contributed by atoms with Crippen LogP contribution in [0.25, 0.3) is 11.3 Å². The van der Waals surface area contributed by atoms with Crippen molar-refractivity contribution in [1.29, 1.82) is 5.26 Å². The number of pyridine rings is 1. The van der Waals surface area contributed by atoms with Crippen molar-refractivity contribution < 1.29 is 23.7 Å². The maximum absolute atomic E-state index is 12.4. The number of ether oxygens (including phenoxy) is 4. The Kier molecular flexibility index (Phi) is 6.33. The Balaban J connectivity index is 1.48. The van der Waals surface area contributed by atoms with Crippen molar-refractivity contribution in [1.82, 2.24) is 4.98 Å². The summed E-state index contributed by atoms with van der Waals surface area (Å²) < 4.78 is 21.2. The Morgan fingerprint density at radius 3 is 2.69 bits per heavy atom. The fourth-order valence-electron chi connectivity index (χ4n) is 3.10. The molecule has 0 radical (unpaired) electrons. The zero-order chi connectivity index (χ0) is 22.5. The summed E-state index contributed by atoms with van der Waals surface area (Å²) in [6.45, 7) is 0.168. The van der Waals surface area contributed by atoms with Gasteiger partial charge in [-0.3, -0.25) is 4.79 Å². The first-order valence-corrected chi connectivity index (χ1v) is 10.6. The molecule has 1 aliphatic rings. The van der Waals surface area contributed by atoms with Gasteiger partial charge < -0.3 is 24.3 Å². The van der Waals surface area contributed by atoms with E-state index in [0.717, 1.165) is 5.56 Å². The molecule has 1 aliphatic heterocycles. The van der Waals surface area contributed by atoms with E-state index in [0.29, 0.717) is 45.0 Å². The number of hydrogen-bond acceptors (Lipinski definition) is 8. The highest BCUT2D eigenvalue weighted by Crippen LogP contribution is 2.35. The van der Waals surface area contributed by atoms with Crippen molar-refractivity contribution in [3.63, 3.8) is 0 Å². The molecule has 8 nitrogen and oxygen atoms in total. The normalized spacial score (nSPS) is 11.5. The SMILES string of the molecule is COc1ccc(-c2ccc(C#N)c(SCC(=O)Nc3ccc4c(c3)OCO4)n2)cc1OC. The van der Waals surface area contributed by atoms with Gasteiger partial charge in [-0.05, 0) is 42.5 Å². The van der Waals surface area contributed by atoms with Crippen LogP contribution >= 0.6 is 11.8 Å². The van der Waals surface area contributed by atoms with Crippen molar-refractivity contribution in [2.45, 2.75) is 5.03 Å². The van der Waals surface area contributed by atoms with Gasteiger partial charge in [-0.15, -0.1) is 0 Å². The van der Waals surface area contributed by atoms with E-state index >= 15 is 0 Å². The van der Waals surface area contributed by atoms with Crippen LogP contribution in [-0.2, 0) is 4.79 Å². The highest BCUT2D eigenvalue weighted by atomic mass is 32.2. The summed E-state index contributed by atoms with van der Waals surface area (Å²) in [5.74, 6) is 2.29. The number of fused-ring (bicyclic) bond motifs is 1. The van der Waals surface area contributed by atoms with E-state index in [-0.39, 0.29) is 18.5 Å². The summed E-state index contributed by atoms with van der Waals surface area (Å²) in [6.07, 6.45) is 0. The van der Waals surface area contributed by atoms with Gasteiger partial charge in [0.05, 0.1) is 31.2 Å². The Morgan fingerprint density at radius 1 is 1.09 bits per heavy atom. The van der Waals surface area contributed by atoms with Gasteiger partial charge in [0.15, 0.2) is 23.0 Å². The molecule has 0 saturated carbocycles. The molecule has 1 aromatic heterocycles. The third-order valence-corrected chi connectivity index (χ3v) is 5.65. The number of benzene rings is 2. The standard InChI is InChI=1S/C23H19N3O5S/c1-28-18-7-4-14(9-20(18)29-2)17-6-3-15(11-24)23(26-17)32-12-22(27)25-16-5-8-19-21(10-16)31-13-30-19/h3-10H,12-13H2,1-2H3,(H,25,27). The van der Waals surface area contributed by atoms with Gasteiger partial charge in [0, 0.05) is 17.3 Å². The molecule has 0 unspecified atom stereocenters. The van der Waals surface area contributed by atoms with E-state index in [4.69, 9.17) is 18.9 Å². The molecule has 0 fully saturated rings. The number of methoxy groups -OCH3 is 2. The molecular weight excluding hydrogens is 430 g/mol. The van der Waals surface area contributed by atoms with Crippen LogP contribution in [0.3, 0.4) is 0 Å². The summed E-state index contributed by atoms with van der Waals surface area (Å²) in [4.78, 5) is 17.0. The molecule has 0 aliphatic carbocycles. The van der Waals surface area contributed by atoms with Crippen molar-refractivity contribution >= 4 is 23.4 Å². The smallest absolute Gasteiger partial charge is 0.234 e. The molecule has 3 aromatic rings. The lowest BCUT2D eigenvalue weighted by Crippen LogP contribution is -2.14. The highest BCUT2D eigenvalue weighted by Gasteiger charge is 2.15. The van der Waals surface area contributed by atoms with E-state index in [9.17, 15) is 10.1 Å². The van der Waals surface area contributed by atoms with Crippen LogP contribution < -0.4 is 24.3 Å². The van der Waals surface area contributed by atoms with Crippen LogP contribution in [-0.4, -0.2) is 37.7 Å². The van der Waals surface area contributed by atoms with Crippen molar-refractivity contribution in [2.75, 3.05) is 32.1 Å². The Bertz CT molecular complexity index is 1210. The number of nitrogens with zero attached hydrogens (tertiary/aromatic N) is 2. The van der Waals surface area contributed by atoms with Gasteiger partial charge in [0.1, 0.15) is 11.1 Å². The molecule has 2 aromatic carbocycles. The number of amides is 1. The third kappa shape index (κ3) is 4.55. The van der Waals surface area contributed by atoms with Gasteiger partial charge in [-0.25, -0.2) is 4.98 Å². The summed E-state index contributed by atoms with van der Waals surface area (Å²) in [5.41, 5.74) is 2.46. The second-order valence-corrected chi connectivity index (χ2v) is 7.60. The molecule has 9 heteroatoms.